The molecule has 0 saturated carbocycles. The third kappa shape index (κ3) is 5.18. The lowest BCUT2D eigenvalue weighted by Crippen LogP contribution is -2.30. The fraction of sp³-hybridized carbons (Fsp3) is 0.462. The maximum atomic E-state index is 11.9. The van der Waals surface area contributed by atoms with E-state index in [-0.39, 0.29) is 17.0 Å². The maximum Gasteiger partial charge on any atom is 0.319 e. The molecule has 0 aliphatic heterocycles. The molecule has 0 heterocycles. The van der Waals surface area contributed by atoms with E-state index < -0.39 is 10.0 Å². The van der Waals surface area contributed by atoms with Gasteiger partial charge in [-0.3, -0.25) is 0 Å². The summed E-state index contributed by atoms with van der Waals surface area (Å²) in [6.07, 6.45) is 0.853. The summed E-state index contributed by atoms with van der Waals surface area (Å²) in [5.41, 5.74) is 0.544. The van der Waals surface area contributed by atoms with E-state index in [1.807, 2.05) is 6.92 Å². The molecule has 1 aromatic rings. The molecule has 1 aromatic carbocycles. The monoisotopic (exact) mass is 299 g/mol. The Morgan fingerprint density at radius 3 is 2.30 bits per heavy atom. The van der Waals surface area contributed by atoms with Gasteiger partial charge in [-0.05, 0) is 44.5 Å². The molecule has 2 amide bonds. The molecule has 0 spiro atoms. The SMILES string of the molecule is CCCNC(=O)Nc1ccc(S(=O)(=O)NC(C)C)cc1. The molecule has 0 bridgehead atoms. The molecule has 0 radical (unpaired) electrons. The Hall–Kier alpha value is -1.60. The van der Waals surface area contributed by atoms with Crippen LogP contribution >= 0.6 is 0 Å². The van der Waals surface area contributed by atoms with Crippen molar-refractivity contribution >= 4 is 21.7 Å². The summed E-state index contributed by atoms with van der Waals surface area (Å²) in [7, 11) is -3.50. The Balaban J connectivity index is 2.72. The van der Waals surface area contributed by atoms with Crippen LogP contribution in [0.5, 0.6) is 0 Å². The third-order valence-corrected chi connectivity index (χ3v) is 4.02. The number of urea groups is 1. The summed E-state index contributed by atoms with van der Waals surface area (Å²) in [6, 6.07) is 5.56. The minimum absolute atomic E-state index is 0.169. The van der Waals surface area contributed by atoms with Crippen LogP contribution in [0.25, 0.3) is 0 Å². The highest BCUT2D eigenvalue weighted by Gasteiger charge is 2.14. The third-order valence-electron chi connectivity index (χ3n) is 2.35. The Bertz CT molecular complexity index is 538. The van der Waals surface area contributed by atoms with E-state index in [1.165, 1.54) is 12.1 Å². The second kappa shape index (κ2) is 7.25. The van der Waals surface area contributed by atoms with Crippen molar-refractivity contribution in [2.24, 2.45) is 0 Å². The van der Waals surface area contributed by atoms with Gasteiger partial charge in [0, 0.05) is 18.3 Å². The molecule has 112 valence electrons. The molecule has 0 fully saturated rings. The van der Waals surface area contributed by atoms with E-state index >= 15 is 0 Å². The first-order valence-electron chi connectivity index (χ1n) is 6.52. The molecule has 0 saturated heterocycles. The van der Waals surface area contributed by atoms with E-state index in [4.69, 9.17) is 0 Å². The largest absolute Gasteiger partial charge is 0.338 e. The minimum Gasteiger partial charge on any atom is -0.338 e. The number of anilines is 1. The highest BCUT2D eigenvalue weighted by molar-refractivity contribution is 7.89. The summed E-state index contributed by atoms with van der Waals surface area (Å²) in [4.78, 5) is 11.6. The van der Waals surface area contributed by atoms with Crippen molar-refractivity contribution < 1.29 is 13.2 Å². The predicted octanol–water partition coefficient (Wildman–Crippen LogP) is 1.90. The van der Waals surface area contributed by atoms with Crippen LogP contribution in [0.3, 0.4) is 0 Å². The van der Waals surface area contributed by atoms with Crippen molar-refractivity contribution in [2.75, 3.05) is 11.9 Å². The highest BCUT2D eigenvalue weighted by atomic mass is 32.2. The molecule has 0 unspecified atom stereocenters. The Morgan fingerprint density at radius 2 is 1.80 bits per heavy atom. The van der Waals surface area contributed by atoms with Crippen LogP contribution in [0.4, 0.5) is 10.5 Å². The van der Waals surface area contributed by atoms with E-state index in [0.717, 1.165) is 6.42 Å². The van der Waals surface area contributed by atoms with Crippen molar-refractivity contribution in [1.29, 1.82) is 0 Å². The zero-order chi connectivity index (χ0) is 15.2. The van der Waals surface area contributed by atoms with Gasteiger partial charge in [-0.2, -0.15) is 0 Å². The van der Waals surface area contributed by atoms with Gasteiger partial charge in [-0.1, -0.05) is 6.92 Å². The molecule has 3 N–H and O–H groups in total. The van der Waals surface area contributed by atoms with Gasteiger partial charge in [0.2, 0.25) is 10.0 Å². The second-order valence-corrected chi connectivity index (χ2v) is 6.40. The van der Waals surface area contributed by atoms with E-state index in [1.54, 1.807) is 26.0 Å². The lowest BCUT2D eigenvalue weighted by molar-refractivity contribution is 0.252. The number of nitrogens with one attached hydrogen (secondary N) is 3. The van der Waals surface area contributed by atoms with Crippen LogP contribution in [-0.2, 0) is 10.0 Å². The van der Waals surface area contributed by atoms with Crippen molar-refractivity contribution in [3.63, 3.8) is 0 Å². The quantitative estimate of drug-likeness (QED) is 0.749. The standard InChI is InChI=1S/C13H21N3O3S/c1-4-9-14-13(17)15-11-5-7-12(8-6-11)20(18,19)16-10(2)3/h5-8,10,16H,4,9H2,1-3H3,(H2,14,15,17). The van der Waals surface area contributed by atoms with Crippen LogP contribution in [-0.4, -0.2) is 27.0 Å². The lowest BCUT2D eigenvalue weighted by Gasteiger charge is -2.10. The lowest BCUT2D eigenvalue weighted by atomic mass is 10.3. The van der Waals surface area contributed by atoms with Crippen molar-refractivity contribution in [2.45, 2.75) is 38.1 Å². The number of rotatable bonds is 6. The fourth-order valence-electron chi connectivity index (χ4n) is 1.51. The van der Waals surface area contributed by atoms with Crippen LogP contribution in [0, 0.1) is 0 Å². The molecular formula is C13H21N3O3S. The highest BCUT2D eigenvalue weighted by Crippen LogP contribution is 2.14. The van der Waals surface area contributed by atoms with E-state index in [0.29, 0.717) is 12.2 Å². The van der Waals surface area contributed by atoms with Crippen LogP contribution in [0.2, 0.25) is 0 Å². The summed E-state index contributed by atoms with van der Waals surface area (Å²) in [5, 5.41) is 5.30. The second-order valence-electron chi connectivity index (χ2n) is 4.68. The van der Waals surface area contributed by atoms with Crippen molar-refractivity contribution in [1.82, 2.24) is 10.0 Å². The average Bonchev–Trinajstić information content (AvgIpc) is 2.35. The molecule has 1 rings (SSSR count). The summed E-state index contributed by atoms with van der Waals surface area (Å²) in [6.45, 7) is 6.06. The summed E-state index contributed by atoms with van der Waals surface area (Å²) < 4.78 is 26.3. The number of sulfonamides is 1. The molecule has 0 aliphatic carbocycles. The van der Waals surface area contributed by atoms with Crippen LogP contribution < -0.4 is 15.4 Å². The topological polar surface area (TPSA) is 87.3 Å². The summed E-state index contributed by atoms with van der Waals surface area (Å²) >= 11 is 0. The van der Waals surface area contributed by atoms with Gasteiger partial charge in [-0.15, -0.1) is 0 Å². The number of carbonyl (C=O) groups excluding carboxylic acids is 1. The van der Waals surface area contributed by atoms with Gasteiger partial charge in [0.25, 0.3) is 0 Å². The number of carbonyl (C=O) groups is 1. The zero-order valence-electron chi connectivity index (χ0n) is 11.9. The van der Waals surface area contributed by atoms with Gasteiger partial charge >= 0.3 is 6.03 Å². The molecule has 20 heavy (non-hydrogen) atoms. The first-order chi connectivity index (χ1) is 9.35. The number of hydrogen-bond acceptors (Lipinski definition) is 3. The molecule has 0 atom stereocenters. The van der Waals surface area contributed by atoms with Crippen molar-refractivity contribution in [3.8, 4) is 0 Å². The molecular weight excluding hydrogens is 278 g/mol. The van der Waals surface area contributed by atoms with Gasteiger partial charge in [-0.25, -0.2) is 17.9 Å². The smallest absolute Gasteiger partial charge is 0.319 e. The van der Waals surface area contributed by atoms with Gasteiger partial charge in [0.15, 0.2) is 0 Å². The van der Waals surface area contributed by atoms with Crippen molar-refractivity contribution in [3.05, 3.63) is 24.3 Å². The van der Waals surface area contributed by atoms with Crippen LogP contribution in [0.15, 0.2) is 29.2 Å². The Morgan fingerprint density at radius 1 is 1.20 bits per heavy atom. The van der Waals surface area contributed by atoms with E-state index in [2.05, 4.69) is 15.4 Å². The number of hydrogen-bond donors (Lipinski definition) is 3. The van der Waals surface area contributed by atoms with E-state index in [9.17, 15) is 13.2 Å². The number of amides is 2. The van der Waals surface area contributed by atoms with Crippen LogP contribution in [0.1, 0.15) is 27.2 Å². The average molecular weight is 299 g/mol. The minimum atomic E-state index is -3.50. The molecule has 0 aromatic heterocycles. The number of benzene rings is 1. The molecule has 6 nitrogen and oxygen atoms in total. The first-order valence-corrected chi connectivity index (χ1v) is 8.00. The maximum absolute atomic E-state index is 11.9. The Labute approximate surface area is 120 Å². The Kier molecular flexibility index (Phi) is 5.97. The predicted molar refractivity (Wildman–Crippen MR) is 79.2 cm³/mol. The first kappa shape index (κ1) is 16.5. The van der Waals surface area contributed by atoms with Gasteiger partial charge in [0.05, 0.1) is 4.90 Å². The zero-order valence-corrected chi connectivity index (χ0v) is 12.8. The van der Waals surface area contributed by atoms with Gasteiger partial charge < -0.3 is 10.6 Å². The van der Waals surface area contributed by atoms with Gasteiger partial charge in [0.1, 0.15) is 0 Å². The fourth-order valence-corrected chi connectivity index (χ4v) is 2.76. The molecule has 7 heteroatoms. The normalized spacial score (nSPS) is 11.4. The molecule has 0 aliphatic rings. The summed E-state index contributed by atoms with van der Waals surface area (Å²) in [5.74, 6) is 0.